The lowest BCUT2D eigenvalue weighted by molar-refractivity contribution is 0.0343. The molecule has 1 atom stereocenters. The highest BCUT2D eigenvalue weighted by Crippen LogP contribution is 2.14. The van der Waals surface area contributed by atoms with Gasteiger partial charge in [0.05, 0.1) is 13.2 Å². The lowest BCUT2D eigenvalue weighted by Crippen LogP contribution is -2.44. The van der Waals surface area contributed by atoms with Crippen molar-refractivity contribution in [1.82, 2.24) is 15.2 Å². The molecule has 1 aliphatic rings. The molecule has 0 bridgehead atoms. The Hall–Kier alpha value is -1.49. The summed E-state index contributed by atoms with van der Waals surface area (Å²) >= 11 is 0. The van der Waals surface area contributed by atoms with Gasteiger partial charge < -0.3 is 10.1 Å². The predicted octanol–water partition coefficient (Wildman–Crippen LogP) is 2.05. The topological polar surface area (TPSA) is 37.4 Å². The third-order valence-corrected chi connectivity index (χ3v) is 4.00. The van der Waals surface area contributed by atoms with Crippen LogP contribution in [-0.4, -0.2) is 48.8 Å². The molecule has 1 aliphatic heterocycles. The average Bonchev–Trinajstić information content (AvgIpc) is 2.54. The molecule has 2 heterocycles. The molecule has 0 saturated carbocycles. The minimum absolute atomic E-state index is 0.483. The average molecular weight is 285 g/mol. The zero-order valence-electron chi connectivity index (χ0n) is 12.6. The van der Waals surface area contributed by atoms with Crippen molar-refractivity contribution < 1.29 is 4.74 Å². The van der Waals surface area contributed by atoms with E-state index in [-0.39, 0.29) is 0 Å². The van der Waals surface area contributed by atoms with Gasteiger partial charge in [0, 0.05) is 50.0 Å². The summed E-state index contributed by atoms with van der Waals surface area (Å²) in [5.74, 6) is 0. The maximum absolute atomic E-state index is 5.38. The number of benzene rings is 1. The number of ether oxygens (including phenoxy) is 1. The molecule has 0 aliphatic carbocycles. The van der Waals surface area contributed by atoms with Crippen molar-refractivity contribution in [2.24, 2.45) is 0 Å². The molecule has 1 N–H and O–H groups in total. The van der Waals surface area contributed by atoms with Crippen molar-refractivity contribution in [3.63, 3.8) is 0 Å². The van der Waals surface area contributed by atoms with Crippen LogP contribution in [0.2, 0.25) is 0 Å². The van der Waals surface area contributed by atoms with Gasteiger partial charge in [-0.3, -0.25) is 9.88 Å². The summed E-state index contributed by atoms with van der Waals surface area (Å²) in [5, 5.41) is 6.06. The van der Waals surface area contributed by atoms with E-state index in [0.717, 1.165) is 39.4 Å². The van der Waals surface area contributed by atoms with Gasteiger partial charge in [-0.1, -0.05) is 12.1 Å². The summed E-state index contributed by atoms with van der Waals surface area (Å²) in [4.78, 5) is 6.62. The number of pyridine rings is 1. The number of aromatic nitrogens is 1. The summed E-state index contributed by atoms with van der Waals surface area (Å²) in [6.45, 7) is 8.08. The zero-order chi connectivity index (χ0) is 14.5. The van der Waals surface area contributed by atoms with Gasteiger partial charge in [0.15, 0.2) is 0 Å². The number of hydrogen-bond donors (Lipinski definition) is 1. The van der Waals surface area contributed by atoms with Crippen LogP contribution in [0.4, 0.5) is 0 Å². The first-order valence-corrected chi connectivity index (χ1v) is 7.67. The number of nitrogens with one attached hydrogen (secondary N) is 1. The van der Waals surface area contributed by atoms with Crippen molar-refractivity contribution >= 4 is 10.8 Å². The molecule has 1 fully saturated rings. The molecule has 4 nitrogen and oxygen atoms in total. The highest BCUT2D eigenvalue weighted by atomic mass is 16.5. The smallest absolute Gasteiger partial charge is 0.0594 e. The second-order valence-corrected chi connectivity index (χ2v) is 5.75. The molecule has 4 heteroatoms. The molecule has 0 spiro atoms. The maximum atomic E-state index is 5.38. The van der Waals surface area contributed by atoms with Crippen molar-refractivity contribution in [1.29, 1.82) is 0 Å². The lowest BCUT2D eigenvalue weighted by Gasteiger charge is -2.29. The van der Waals surface area contributed by atoms with Gasteiger partial charge in [-0.2, -0.15) is 0 Å². The third-order valence-electron chi connectivity index (χ3n) is 4.00. The molecule has 21 heavy (non-hydrogen) atoms. The van der Waals surface area contributed by atoms with Crippen LogP contribution in [0.15, 0.2) is 36.7 Å². The standard InChI is InChI=1S/C17H23N3O/c1-14(13-20-6-8-21-9-7-20)19-11-15-2-3-17-12-18-5-4-16(17)10-15/h2-5,10,12,14,19H,6-9,11,13H2,1H3. The summed E-state index contributed by atoms with van der Waals surface area (Å²) in [6.07, 6.45) is 3.76. The highest BCUT2D eigenvalue weighted by Gasteiger charge is 2.13. The molecule has 1 unspecified atom stereocenters. The lowest BCUT2D eigenvalue weighted by atomic mass is 10.1. The quantitative estimate of drug-likeness (QED) is 0.912. The van der Waals surface area contributed by atoms with E-state index in [1.165, 1.54) is 16.3 Å². The summed E-state index contributed by atoms with van der Waals surface area (Å²) in [5.41, 5.74) is 1.32. The van der Waals surface area contributed by atoms with Crippen LogP contribution >= 0.6 is 0 Å². The van der Waals surface area contributed by atoms with E-state index in [1.807, 2.05) is 12.4 Å². The first kappa shape index (κ1) is 14.4. The zero-order valence-corrected chi connectivity index (χ0v) is 12.6. The second kappa shape index (κ2) is 6.98. The molecule has 1 aromatic carbocycles. The van der Waals surface area contributed by atoms with Crippen molar-refractivity contribution in [2.75, 3.05) is 32.8 Å². The summed E-state index contributed by atoms with van der Waals surface area (Å²) in [6, 6.07) is 9.11. The Morgan fingerprint density at radius 1 is 1.24 bits per heavy atom. The monoisotopic (exact) mass is 285 g/mol. The largest absolute Gasteiger partial charge is 0.379 e. The molecular formula is C17H23N3O. The Labute approximate surface area is 126 Å². The first-order chi connectivity index (χ1) is 10.3. The van der Waals surface area contributed by atoms with Gasteiger partial charge in [-0.25, -0.2) is 0 Å². The van der Waals surface area contributed by atoms with Gasteiger partial charge in [0.2, 0.25) is 0 Å². The van der Waals surface area contributed by atoms with Crippen LogP contribution in [0.25, 0.3) is 10.8 Å². The van der Waals surface area contributed by atoms with Crippen molar-refractivity contribution in [3.8, 4) is 0 Å². The van der Waals surface area contributed by atoms with Gasteiger partial charge in [0.25, 0.3) is 0 Å². The molecule has 2 aromatic rings. The Morgan fingerprint density at radius 3 is 2.95 bits per heavy atom. The van der Waals surface area contributed by atoms with Crippen LogP contribution < -0.4 is 5.32 Å². The SMILES string of the molecule is CC(CN1CCOCC1)NCc1ccc2cnccc2c1. The molecule has 3 rings (SSSR count). The molecule has 0 amide bonds. The number of fused-ring (bicyclic) bond motifs is 1. The van der Waals surface area contributed by atoms with Crippen LogP contribution in [0.3, 0.4) is 0 Å². The van der Waals surface area contributed by atoms with Crippen LogP contribution in [0, 0.1) is 0 Å². The van der Waals surface area contributed by atoms with E-state index in [9.17, 15) is 0 Å². The van der Waals surface area contributed by atoms with Crippen LogP contribution in [0.5, 0.6) is 0 Å². The Morgan fingerprint density at radius 2 is 2.10 bits per heavy atom. The van der Waals surface area contributed by atoms with E-state index in [0.29, 0.717) is 6.04 Å². The van der Waals surface area contributed by atoms with E-state index in [2.05, 4.69) is 46.4 Å². The fourth-order valence-electron chi connectivity index (χ4n) is 2.77. The van der Waals surface area contributed by atoms with E-state index >= 15 is 0 Å². The van der Waals surface area contributed by atoms with Crippen molar-refractivity contribution in [3.05, 3.63) is 42.2 Å². The normalized spacial score (nSPS) is 18.0. The third kappa shape index (κ3) is 4.00. The van der Waals surface area contributed by atoms with Gasteiger partial charge >= 0.3 is 0 Å². The fourth-order valence-corrected chi connectivity index (χ4v) is 2.77. The van der Waals surface area contributed by atoms with Crippen LogP contribution in [-0.2, 0) is 11.3 Å². The van der Waals surface area contributed by atoms with Gasteiger partial charge in [-0.05, 0) is 30.0 Å². The Bertz CT molecular complexity index is 581. The maximum Gasteiger partial charge on any atom is 0.0594 e. The number of nitrogens with zero attached hydrogens (tertiary/aromatic N) is 2. The van der Waals surface area contributed by atoms with E-state index in [1.54, 1.807) is 0 Å². The molecule has 1 aromatic heterocycles. The minimum atomic E-state index is 0.483. The fraction of sp³-hybridized carbons (Fsp3) is 0.471. The predicted molar refractivity (Wildman–Crippen MR) is 85.3 cm³/mol. The van der Waals surface area contributed by atoms with Gasteiger partial charge in [0.1, 0.15) is 0 Å². The van der Waals surface area contributed by atoms with Gasteiger partial charge in [-0.15, -0.1) is 0 Å². The van der Waals surface area contributed by atoms with E-state index in [4.69, 9.17) is 4.74 Å². The highest BCUT2D eigenvalue weighted by molar-refractivity contribution is 5.81. The number of morpholine rings is 1. The molecule has 1 saturated heterocycles. The van der Waals surface area contributed by atoms with E-state index < -0.39 is 0 Å². The number of rotatable bonds is 5. The molecule has 112 valence electrons. The summed E-state index contributed by atoms with van der Waals surface area (Å²) < 4.78 is 5.38. The molecule has 0 radical (unpaired) electrons. The number of hydrogen-bond acceptors (Lipinski definition) is 4. The Kier molecular flexibility index (Phi) is 4.80. The molecular weight excluding hydrogens is 262 g/mol. The second-order valence-electron chi connectivity index (χ2n) is 5.75. The Balaban J connectivity index is 1.53. The summed E-state index contributed by atoms with van der Waals surface area (Å²) in [7, 11) is 0. The van der Waals surface area contributed by atoms with Crippen LogP contribution in [0.1, 0.15) is 12.5 Å². The van der Waals surface area contributed by atoms with Crippen molar-refractivity contribution in [2.45, 2.75) is 19.5 Å². The first-order valence-electron chi connectivity index (χ1n) is 7.67. The minimum Gasteiger partial charge on any atom is -0.379 e.